The third-order valence-electron chi connectivity index (χ3n) is 3.95. The molecule has 1 fully saturated rings. The van der Waals surface area contributed by atoms with Crippen LogP contribution in [-0.4, -0.2) is 58.8 Å². The Kier molecular flexibility index (Phi) is 4.37. The van der Waals surface area contributed by atoms with Gasteiger partial charge in [-0.2, -0.15) is 5.10 Å². The van der Waals surface area contributed by atoms with Gasteiger partial charge in [0.15, 0.2) is 0 Å². The second-order valence-electron chi connectivity index (χ2n) is 5.18. The molecule has 0 amide bonds. The molecule has 2 rings (SSSR count). The Morgan fingerprint density at radius 2 is 1.72 bits per heavy atom. The molecule has 0 radical (unpaired) electrons. The van der Waals surface area contributed by atoms with Crippen molar-refractivity contribution in [2.24, 2.45) is 12.8 Å². The van der Waals surface area contributed by atoms with E-state index in [0.29, 0.717) is 0 Å². The summed E-state index contributed by atoms with van der Waals surface area (Å²) in [6.45, 7) is 11.6. The van der Waals surface area contributed by atoms with Crippen LogP contribution in [-0.2, 0) is 13.6 Å². The number of aromatic nitrogens is 2. The van der Waals surface area contributed by atoms with Gasteiger partial charge in [0.25, 0.3) is 0 Å². The van der Waals surface area contributed by atoms with Crippen molar-refractivity contribution < 1.29 is 0 Å². The summed E-state index contributed by atoms with van der Waals surface area (Å²) in [4.78, 5) is 4.96. The molecule has 0 bridgehead atoms. The van der Waals surface area contributed by atoms with Crippen molar-refractivity contribution in [2.75, 3.05) is 39.3 Å². The van der Waals surface area contributed by atoms with Crippen LogP contribution in [0.5, 0.6) is 0 Å². The van der Waals surface area contributed by atoms with Crippen molar-refractivity contribution in [3.05, 3.63) is 17.0 Å². The molecule has 5 nitrogen and oxygen atoms in total. The largest absolute Gasteiger partial charge is 0.329 e. The van der Waals surface area contributed by atoms with E-state index in [-0.39, 0.29) is 0 Å². The van der Waals surface area contributed by atoms with Crippen LogP contribution in [0.2, 0.25) is 0 Å². The molecule has 0 atom stereocenters. The minimum Gasteiger partial charge on any atom is -0.329 e. The highest BCUT2D eigenvalue weighted by Crippen LogP contribution is 2.15. The van der Waals surface area contributed by atoms with Gasteiger partial charge in [0, 0.05) is 64.1 Å². The SMILES string of the molecule is Cc1nn(C)c(C)c1CN1CCN(CCN)CC1. The average molecular weight is 251 g/mol. The number of piperazine rings is 1. The van der Waals surface area contributed by atoms with Gasteiger partial charge in [-0.3, -0.25) is 14.5 Å². The van der Waals surface area contributed by atoms with Crippen molar-refractivity contribution in [1.82, 2.24) is 19.6 Å². The fourth-order valence-corrected chi connectivity index (χ4v) is 2.62. The second-order valence-corrected chi connectivity index (χ2v) is 5.18. The smallest absolute Gasteiger partial charge is 0.0641 e. The Morgan fingerprint density at radius 3 is 2.22 bits per heavy atom. The monoisotopic (exact) mass is 251 g/mol. The lowest BCUT2D eigenvalue weighted by molar-refractivity contribution is 0.129. The highest BCUT2D eigenvalue weighted by Gasteiger charge is 2.19. The van der Waals surface area contributed by atoms with Gasteiger partial charge in [-0.1, -0.05) is 0 Å². The summed E-state index contributed by atoms with van der Waals surface area (Å²) >= 11 is 0. The minimum absolute atomic E-state index is 0.765. The van der Waals surface area contributed by atoms with E-state index in [1.807, 2.05) is 11.7 Å². The van der Waals surface area contributed by atoms with Gasteiger partial charge >= 0.3 is 0 Å². The van der Waals surface area contributed by atoms with Gasteiger partial charge in [-0.15, -0.1) is 0 Å². The van der Waals surface area contributed by atoms with Gasteiger partial charge < -0.3 is 5.73 Å². The van der Waals surface area contributed by atoms with Crippen LogP contribution in [0.4, 0.5) is 0 Å². The normalized spacial score (nSPS) is 18.4. The zero-order valence-electron chi connectivity index (χ0n) is 11.8. The summed E-state index contributed by atoms with van der Waals surface area (Å²) < 4.78 is 1.98. The minimum atomic E-state index is 0.765. The van der Waals surface area contributed by atoms with Crippen molar-refractivity contribution in [3.63, 3.8) is 0 Å². The van der Waals surface area contributed by atoms with E-state index in [1.165, 1.54) is 17.0 Å². The lowest BCUT2D eigenvalue weighted by Crippen LogP contribution is -2.47. The Morgan fingerprint density at radius 1 is 1.11 bits per heavy atom. The predicted octanol–water partition coefficient (Wildman–Crippen LogP) is 0.113. The Bertz CT molecular complexity index is 390. The van der Waals surface area contributed by atoms with E-state index in [2.05, 4.69) is 28.7 Å². The first-order chi connectivity index (χ1) is 8.61. The molecule has 1 aliphatic rings. The maximum absolute atomic E-state index is 5.59. The number of aryl methyl sites for hydroxylation is 2. The van der Waals surface area contributed by atoms with Gasteiger partial charge in [-0.25, -0.2) is 0 Å². The number of rotatable bonds is 4. The van der Waals surface area contributed by atoms with Crippen LogP contribution in [0.3, 0.4) is 0 Å². The maximum atomic E-state index is 5.59. The highest BCUT2D eigenvalue weighted by molar-refractivity contribution is 5.24. The Hall–Kier alpha value is -0.910. The summed E-state index contributed by atoms with van der Waals surface area (Å²) in [6.07, 6.45) is 0. The molecule has 1 aliphatic heterocycles. The molecule has 1 aromatic heterocycles. The molecule has 1 saturated heterocycles. The van der Waals surface area contributed by atoms with Crippen molar-refractivity contribution in [3.8, 4) is 0 Å². The first-order valence-corrected chi connectivity index (χ1v) is 6.75. The third-order valence-corrected chi connectivity index (χ3v) is 3.95. The zero-order valence-corrected chi connectivity index (χ0v) is 11.8. The highest BCUT2D eigenvalue weighted by atomic mass is 15.3. The quantitative estimate of drug-likeness (QED) is 0.825. The number of hydrogen-bond acceptors (Lipinski definition) is 4. The topological polar surface area (TPSA) is 50.3 Å². The van der Waals surface area contributed by atoms with E-state index in [0.717, 1.165) is 45.8 Å². The lowest BCUT2D eigenvalue weighted by atomic mass is 10.1. The van der Waals surface area contributed by atoms with Crippen LogP contribution in [0.15, 0.2) is 0 Å². The molecule has 102 valence electrons. The fourth-order valence-electron chi connectivity index (χ4n) is 2.62. The van der Waals surface area contributed by atoms with E-state index < -0.39 is 0 Å². The second kappa shape index (κ2) is 5.82. The molecule has 0 saturated carbocycles. The van der Waals surface area contributed by atoms with Gasteiger partial charge in [0.1, 0.15) is 0 Å². The first kappa shape index (κ1) is 13.5. The van der Waals surface area contributed by atoms with Gasteiger partial charge in [0.05, 0.1) is 5.69 Å². The van der Waals surface area contributed by atoms with E-state index in [9.17, 15) is 0 Å². The molecular weight excluding hydrogens is 226 g/mol. The molecule has 2 N–H and O–H groups in total. The van der Waals surface area contributed by atoms with Crippen LogP contribution in [0, 0.1) is 13.8 Å². The van der Waals surface area contributed by atoms with Gasteiger partial charge in [-0.05, 0) is 13.8 Å². The molecular formula is C13H25N5. The molecule has 1 aromatic rings. The fraction of sp³-hybridized carbons (Fsp3) is 0.769. The molecule has 2 heterocycles. The molecule has 18 heavy (non-hydrogen) atoms. The van der Waals surface area contributed by atoms with Crippen LogP contribution in [0.1, 0.15) is 17.0 Å². The summed E-state index contributed by atoms with van der Waals surface area (Å²) in [7, 11) is 2.02. The van der Waals surface area contributed by atoms with E-state index in [4.69, 9.17) is 5.73 Å². The van der Waals surface area contributed by atoms with Crippen molar-refractivity contribution in [2.45, 2.75) is 20.4 Å². The van der Waals surface area contributed by atoms with E-state index >= 15 is 0 Å². The lowest BCUT2D eigenvalue weighted by Gasteiger charge is -2.34. The number of nitrogens with two attached hydrogens (primary N) is 1. The average Bonchev–Trinajstić information content (AvgIpc) is 2.59. The Balaban J connectivity index is 1.91. The molecule has 5 heteroatoms. The molecule has 0 aromatic carbocycles. The number of hydrogen-bond donors (Lipinski definition) is 1. The summed E-state index contributed by atoms with van der Waals surface area (Å²) in [5, 5.41) is 4.48. The first-order valence-electron chi connectivity index (χ1n) is 6.75. The van der Waals surface area contributed by atoms with E-state index in [1.54, 1.807) is 0 Å². The predicted molar refractivity (Wildman–Crippen MR) is 73.5 cm³/mol. The standard InChI is InChI=1S/C13H25N5/c1-11-13(12(2)16(3)15-11)10-18-8-6-17(5-4-14)7-9-18/h4-10,14H2,1-3H3. The van der Waals surface area contributed by atoms with Crippen LogP contribution in [0.25, 0.3) is 0 Å². The van der Waals surface area contributed by atoms with Crippen LogP contribution < -0.4 is 5.73 Å². The van der Waals surface area contributed by atoms with Crippen molar-refractivity contribution in [1.29, 1.82) is 0 Å². The molecule has 0 aliphatic carbocycles. The number of nitrogens with zero attached hydrogens (tertiary/aromatic N) is 4. The maximum Gasteiger partial charge on any atom is 0.0641 e. The molecule has 0 unspecified atom stereocenters. The summed E-state index contributed by atoms with van der Waals surface area (Å²) in [5.74, 6) is 0. The summed E-state index contributed by atoms with van der Waals surface area (Å²) in [6, 6.07) is 0. The molecule has 0 spiro atoms. The third kappa shape index (κ3) is 2.91. The van der Waals surface area contributed by atoms with Crippen molar-refractivity contribution >= 4 is 0 Å². The van der Waals surface area contributed by atoms with Crippen LogP contribution >= 0.6 is 0 Å². The zero-order chi connectivity index (χ0) is 13.1. The summed E-state index contributed by atoms with van der Waals surface area (Å²) in [5.41, 5.74) is 9.44. The van der Waals surface area contributed by atoms with Gasteiger partial charge in [0.2, 0.25) is 0 Å². The Labute approximate surface area is 110 Å².